The molecule has 4 saturated heterocycles. The highest BCUT2D eigenvalue weighted by Crippen LogP contribution is 2.69. The molecule has 4 aromatic rings. The molecule has 0 amide bonds. The Hall–Kier alpha value is -3.77. The molecular weight excluding hydrogens is 614 g/mol. The predicted octanol–water partition coefficient (Wildman–Crippen LogP) is 6.26. The van der Waals surface area contributed by atoms with Crippen LogP contribution in [0.15, 0.2) is 30.5 Å². The molecular formula is C35H35F4N5O3. The molecule has 2 aromatic heterocycles. The number of aromatic hydroxyl groups is 1. The molecule has 2 aromatic carbocycles. The molecule has 8 nitrogen and oxygen atoms in total. The lowest BCUT2D eigenvalue weighted by atomic mass is 9.85. The van der Waals surface area contributed by atoms with Crippen molar-refractivity contribution in [3.63, 3.8) is 0 Å². The van der Waals surface area contributed by atoms with Crippen molar-refractivity contribution in [3.05, 3.63) is 47.7 Å². The maximum atomic E-state index is 16.9. The Morgan fingerprint density at radius 1 is 1.04 bits per heavy atom. The predicted molar refractivity (Wildman–Crippen MR) is 167 cm³/mol. The first-order valence-corrected chi connectivity index (χ1v) is 16.4. The second-order valence-corrected chi connectivity index (χ2v) is 14.5. The summed E-state index contributed by atoms with van der Waals surface area (Å²) in [5, 5.41) is 12.0. The van der Waals surface area contributed by atoms with E-state index < -0.39 is 28.5 Å². The van der Waals surface area contributed by atoms with Crippen LogP contribution >= 0.6 is 0 Å². The number of hydrogen-bond donors (Lipinski definition) is 1. The molecule has 4 aliphatic heterocycles. The summed E-state index contributed by atoms with van der Waals surface area (Å²) in [7, 11) is 0. The Bertz CT molecular complexity index is 1970. The van der Waals surface area contributed by atoms with Crippen molar-refractivity contribution in [1.82, 2.24) is 19.9 Å². The van der Waals surface area contributed by atoms with Gasteiger partial charge in [-0.05, 0) is 73.2 Å². The Kier molecular flexibility index (Phi) is 6.18. The Morgan fingerprint density at radius 2 is 1.87 bits per heavy atom. The Morgan fingerprint density at radius 3 is 2.60 bits per heavy atom. The first kappa shape index (κ1) is 29.4. The smallest absolute Gasteiger partial charge is 0.319 e. The second kappa shape index (κ2) is 9.88. The fourth-order valence-electron chi connectivity index (χ4n) is 8.94. The normalized spacial score (nSPS) is 27.3. The van der Waals surface area contributed by atoms with Gasteiger partial charge in [-0.1, -0.05) is 13.0 Å². The standard InChI is InChI=1S/C35H35F4N5O3/c1-2-22-25(36)5-4-20-10-21(45)11-23(26(20)22)28-27(37)29-24(12-40-28)30(43-9-7-32(15-43)17-46-18-32)42-31(41-29)47-19-34-6-3-8-44(34)16-33(13-34)14-35(33,38)39/h4-5,10-12,45H,2-3,6-9,13-19H2,1H3/t33-,34-/m0/s1. The van der Waals surface area contributed by atoms with Gasteiger partial charge in [0.05, 0.1) is 29.6 Å². The number of aryl methyl sites for hydroxylation is 1. The highest BCUT2D eigenvalue weighted by atomic mass is 19.3. The van der Waals surface area contributed by atoms with Crippen molar-refractivity contribution in [1.29, 1.82) is 0 Å². The molecule has 1 saturated carbocycles. The number of hydrogen-bond acceptors (Lipinski definition) is 8. The van der Waals surface area contributed by atoms with E-state index in [0.29, 0.717) is 73.2 Å². The minimum absolute atomic E-state index is 0.0100. The minimum atomic E-state index is -2.66. The molecule has 2 atom stereocenters. The number of anilines is 1. The Balaban J connectivity index is 1.16. The topological polar surface area (TPSA) is 83.8 Å². The van der Waals surface area contributed by atoms with Crippen LogP contribution in [-0.4, -0.2) is 82.4 Å². The third kappa shape index (κ3) is 4.29. The number of phenolic OH excluding ortho intramolecular Hbond substituents is 1. The van der Waals surface area contributed by atoms with Crippen LogP contribution < -0.4 is 9.64 Å². The van der Waals surface area contributed by atoms with Gasteiger partial charge in [0, 0.05) is 43.2 Å². The summed E-state index contributed by atoms with van der Waals surface area (Å²) < 4.78 is 72.6. The van der Waals surface area contributed by atoms with Crippen LogP contribution in [-0.2, 0) is 11.2 Å². The summed E-state index contributed by atoms with van der Waals surface area (Å²) in [5.74, 6) is -3.43. The number of pyridine rings is 1. The van der Waals surface area contributed by atoms with Crippen molar-refractivity contribution in [2.75, 3.05) is 50.9 Å². The van der Waals surface area contributed by atoms with E-state index in [1.807, 2.05) is 6.92 Å². The van der Waals surface area contributed by atoms with Gasteiger partial charge in [-0.25, -0.2) is 17.6 Å². The zero-order valence-electron chi connectivity index (χ0n) is 26.1. The van der Waals surface area contributed by atoms with E-state index in [0.717, 1.165) is 25.8 Å². The molecule has 9 rings (SSSR count). The number of ether oxygens (including phenoxy) is 2. The number of aromatic nitrogens is 3. The number of halogens is 4. The van der Waals surface area contributed by atoms with Crippen molar-refractivity contribution < 1.29 is 32.1 Å². The molecule has 2 spiro atoms. The van der Waals surface area contributed by atoms with Gasteiger partial charge < -0.3 is 19.5 Å². The van der Waals surface area contributed by atoms with Crippen LogP contribution in [0.2, 0.25) is 0 Å². The molecule has 12 heteroatoms. The van der Waals surface area contributed by atoms with Crippen molar-refractivity contribution in [2.24, 2.45) is 10.8 Å². The van der Waals surface area contributed by atoms with Crippen molar-refractivity contribution in [3.8, 4) is 23.0 Å². The van der Waals surface area contributed by atoms with Gasteiger partial charge >= 0.3 is 6.01 Å². The van der Waals surface area contributed by atoms with Gasteiger partial charge in [0.25, 0.3) is 5.92 Å². The molecule has 1 N–H and O–H groups in total. The van der Waals surface area contributed by atoms with E-state index in [-0.39, 0.29) is 47.0 Å². The van der Waals surface area contributed by atoms with Gasteiger partial charge in [0.1, 0.15) is 35.2 Å². The highest BCUT2D eigenvalue weighted by Gasteiger charge is 2.77. The first-order valence-electron chi connectivity index (χ1n) is 16.4. The third-order valence-corrected chi connectivity index (χ3v) is 11.5. The summed E-state index contributed by atoms with van der Waals surface area (Å²) in [6, 6.07) is 5.79. The Labute approximate surface area is 268 Å². The fourth-order valence-corrected chi connectivity index (χ4v) is 8.94. The summed E-state index contributed by atoms with van der Waals surface area (Å²) >= 11 is 0. The lowest BCUT2D eigenvalue weighted by molar-refractivity contribution is -0.0985. The summed E-state index contributed by atoms with van der Waals surface area (Å²) in [5.41, 5.74) is -0.948. The van der Waals surface area contributed by atoms with E-state index in [1.54, 1.807) is 6.07 Å². The number of rotatable bonds is 6. The average Bonchev–Trinajstić information content (AvgIpc) is 3.45. The first-order chi connectivity index (χ1) is 22.5. The lowest BCUT2D eigenvalue weighted by Crippen LogP contribution is -2.44. The van der Waals surface area contributed by atoms with Crippen LogP contribution in [0.25, 0.3) is 32.9 Å². The number of phenols is 1. The van der Waals surface area contributed by atoms with E-state index in [2.05, 4.69) is 19.8 Å². The second-order valence-electron chi connectivity index (χ2n) is 14.5. The highest BCUT2D eigenvalue weighted by molar-refractivity contribution is 6.01. The van der Waals surface area contributed by atoms with E-state index >= 15 is 4.39 Å². The molecule has 6 heterocycles. The quantitative estimate of drug-likeness (QED) is 0.245. The number of fused-ring (bicyclic) bond motifs is 3. The van der Waals surface area contributed by atoms with Crippen LogP contribution in [0, 0.1) is 22.5 Å². The maximum absolute atomic E-state index is 16.9. The average molecular weight is 650 g/mol. The molecule has 1 aliphatic carbocycles. The van der Waals surface area contributed by atoms with Gasteiger partial charge in [-0.3, -0.25) is 9.88 Å². The van der Waals surface area contributed by atoms with E-state index in [1.165, 1.54) is 24.4 Å². The zero-order valence-corrected chi connectivity index (χ0v) is 26.1. The van der Waals surface area contributed by atoms with Crippen LogP contribution in [0.3, 0.4) is 0 Å². The molecule has 5 aliphatic rings. The molecule has 0 radical (unpaired) electrons. The van der Waals surface area contributed by atoms with Crippen LogP contribution in [0.5, 0.6) is 11.8 Å². The molecule has 47 heavy (non-hydrogen) atoms. The fraction of sp³-hybridized carbons (Fsp3) is 0.514. The van der Waals surface area contributed by atoms with E-state index in [4.69, 9.17) is 14.5 Å². The zero-order chi connectivity index (χ0) is 32.3. The molecule has 0 bridgehead atoms. The SMILES string of the molecule is CCc1c(F)ccc2cc(O)cc(-c3ncc4c(N5CCC6(COC6)C5)nc(OC[C@@]56CCCN5C[C@@]5(CC5(F)F)C6)nc4c3F)c12. The molecule has 246 valence electrons. The summed E-state index contributed by atoms with van der Waals surface area (Å²) in [4.78, 5) is 18.1. The lowest BCUT2D eigenvalue weighted by Gasteiger charge is -2.37. The van der Waals surface area contributed by atoms with Crippen molar-refractivity contribution >= 4 is 27.5 Å². The summed E-state index contributed by atoms with van der Waals surface area (Å²) in [6.07, 6.45) is 4.68. The van der Waals surface area contributed by atoms with Gasteiger partial charge in [-0.15, -0.1) is 0 Å². The number of alkyl halides is 2. The van der Waals surface area contributed by atoms with Gasteiger partial charge in [0.15, 0.2) is 5.82 Å². The number of benzene rings is 2. The minimum Gasteiger partial charge on any atom is -0.508 e. The number of nitrogens with zero attached hydrogens (tertiary/aromatic N) is 5. The van der Waals surface area contributed by atoms with Gasteiger partial charge in [-0.2, -0.15) is 9.97 Å². The van der Waals surface area contributed by atoms with Crippen molar-refractivity contribution in [2.45, 2.75) is 56.9 Å². The molecule has 5 fully saturated rings. The maximum Gasteiger partial charge on any atom is 0.319 e. The summed E-state index contributed by atoms with van der Waals surface area (Å²) in [6.45, 7) is 5.70. The van der Waals surface area contributed by atoms with Gasteiger partial charge in [0.2, 0.25) is 0 Å². The monoisotopic (exact) mass is 649 g/mol. The third-order valence-electron chi connectivity index (χ3n) is 11.5. The largest absolute Gasteiger partial charge is 0.508 e. The van der Waals surface area contributed by atoms with E-state index in [9.17, 15) is 18.3 Å². The van der Waals surface area contributed by atoms with Crippen LogP contribution in [0.1, 0.15) is 44.6 Å². The molecule has 0 unspecified atom stereocenters. The van der Waals surface area contributed by atoms with Crippen LogP contribution in [0.4, 0.5) is 23.4 Å².